The molecule has 0 saturated carbocycles. The summed E-state index contributed by atoms with van der Waals surface area (Å²) >= 11 is 0. The summed E-state index contributed by atoms with van der Waals surface area (Å²) in [6.45, 7) is 2.97. The minimum atomic E-state index is -4.71. The SMILES string of the molecule is CCC(CC)(OS(=O)(=O)Cc1ccccc1)P(=O)(O)O. The van der Waals surface area contributed by atoms with Crippen molar-refractivity contribution in [3.63, 3.8) is 0 Å². The average molecular weight is 322 g/mol. The average Bonchev–Trinajstić information content (AvgIpc) is 2.35. The van der Waals surface area contributed by atoms with E-state index in [4.69, 9.17) is 4.18 Å². The van der Waals surface area contributed by atoms with E-state index in [1.807, 2.05) is 0 Å². The van der Waals surface area contributed by atoms with Crippen LogP contribution in [0.4, 0.5) is 0 Å². The van der Waals surface area contributed by atoms with Crippen molar-refractivity contribution in [2.45, 2.75) is 37.8 Å². The maximum Gasteiger partial charge on any atom is 0.358 e. The highest BCUT2D eigenvalue weighted by Gasteiger charge is 2.48. The highest BCUT2D eigenvalue weighted by Crippen LogP contribution is 2.56. The largest absolute Gasteiger partial charge is 0.358 e. The fourth-order valence-corrected chi connectivity index (χ4v) is 4.79. The fourth-order valence-electron chi connectivity index (χ4n) is 1.87. The van der Waals surface area contributed by atoms with E-state index in [1.54, 1.807) is 30.3 Å². The van der Waals surface area contributed by atoms with Crippen molar-refractivity contribution in [1.29, 1.82) is 0 Å². The molecule has 0 unspecified atom stereocenters. The van der Waals surface area contributed by atoms with Gasteiger partial charge in [0.25, 0.3) is 10.1 Å². The lowest BCUT2D eigenvalue weighted by Gasteiger charge is -2.31. The summed E-state index contributed by atoms with van der Waals surface area (Å²) in [5, 5.41) is -1.99. The molecule has 2 N–H and O–H groups in total. The second-order valence-corrected chi connectivity index (χ2v) is 7.94. The van der Waals surface area contributed by atoms with Crippen LogP contribution in [-0.2, 0) is 24.6 Å². The molecule has 0 aliphatic heterocycles. The Hall–Kier alpha value is -0.720. The zero-order valence-corrected chi connectivity index (χ0v) is 13.1. The molecular weight excluding hydrogens is 303 g/mol. The topological polar surface area (TPSA) is 101 Å². The highest BCUT2D eigenvalue weighted by atomic mass is 32.2. The Morgan fingerprint density at radius 2 is 1.65 bits per heavy atom. The lowest BCUT2D eigenvalue weighted by molar-refractivity contribution is 0.115. The minimum absolute atomic E-state index is 0.0954. The van der Waals surface area contributed by atoms with Gasteiger partial charge in [-0.1, -0.05) is 44.2 Å². The van der Waals surface area contributed by atoms with E-state index in [0.29, 0.717) is 5.56 Å². The lowest BCUT2D eigenvalue weighted by Crippen LogP contribution is -2.34. The molecule has 20 heavy (non-hydrogen) atoms. The number of hydrogen-bond donors (Lipinski definition) is 2. The molecule has 8 heteroatoms. The Kier molecular flexibility index (Phi) is 5.52. The van der Waals surface area contributed by atoms with Crippen molar-refractivity contribution in [3.05, 3.63) is 35.9 Å². The van der Waals surface area contributed by atoms with E-state index >= 15 is 0 Å². The third kappa shape index (κ3) is 4.14. The van der Waals surface area contributed by atoms with Crippen molar-refractivity contribution in [1.82, 2.24) is 0 Å². The zero-order valence-electron chi connectivity index (χ0n) is 11.4. The summed E-state index contributed by atoms with van der Waals surface area (Å²) < 4.78 is 40.5. The summed E-state index contributed by atoms with van der Waals surface area (Å²) in [7, 11) is -8.80. The second kappa shape index (κ2) is 6.37. The van der Waals surface area contributed by atoms with Crippen LogP contribution in [0.2, 0.25) is 0 Å². The van der Waals surface area contributed by atoms with E-state index in [-0.39, 0.29) is 12.8 Å². The van der Waals surface area contributed by atoms with Crippen LogP contribution in [0.25, 0.3) is 0 Å². The first-order valence-corrected chi connectivity index (χ1v) is 9.37. The van der Waals surface area contributed by atoms with Crippen LogP contribution in [0.3, 0.4) is 0 Å². The Balaban J connectivity index is 3.02. The summed E-state index contributed by atoms with van der Waals surface area (Å²) in [4.78, 5) is 18.8. The molecule has 0 heterocycles. The van der Waals surface area contributed by atoms with Crippen LogP contribution in [0.15, 0.2) is 30.3 Å². The van der Waals surface area contributed by atoms with Gasteiger partial charge < -0.3 is 9.79 Å². The summed E-state index contributed by atoms with van der Waals surface area (Å²) in [6, 6.07) is 8.33. The van der Waals surface area contributed by atoms with Gasteiger partial charge in [-0.3, -0.25) is 8.75 Å². The van der Waals surface area contributed by atoms with Gasteiger partial charge in [0.15, 0.2) is 5.34 Å². The number of rotatable bonds is 7. The molecular formula is C12H19O6PS. The lowest BCUT2D eigenvalue weighted by atomic mass is 10.2. The first-order valence-electron chi connectivity index (χ1n) is 6.18. The Morgan fingerprint density at radius 1 is 1.15 bits per heavy atom. The molecule has 0 amide bonds. The predicted molar refractivity (Wildman–Crippen MR) is 75.5 cm³/mol. The molecule has 0 aromatic heterocycles. The predicted octanol–water partition coefficient (Wildman–Crippen LogP) is 2.23. The smallest absolute Gasteiger partial charge is 0.322 e. The zero-order chi connectivity index (χ0) is 15.4. The van der Waals surface area contributed by atoms with Crippen LogP contribution in [-0.4, -0.2) is 23.5 Å². The molecule has 1 rings (SSSR count). The van der Waals surface area contributed by atoms with Crippen LogP contribution >= 0.6 is 7.60 Å². The number of benzene rings is 1. The van der Waals surface area contributed by atoms with Crippen LogP contribution in [0, 0.1) is 0 Å². The Labute approximate surface area is 119 Å². The molecule has 0 fully saturated rings. The quantitative estimate of drug-likeness (QED) is 0.590. The molecule has 0 bridgehead atoms. The van der Waals surface area contributed by atoms with Gasteiger partial charge in [-0.25, -0.2) is 0 Å². The second-order valence-electron chi connectivity index (χ2n) is 4.47. The van der Waals surface area contributed by atoms with Crippen molar-refractivity contribution in [2.24, 2.45) is 0 Å². The first-order chi connectivity index (χ1) is 9.16. The third-order valence-electron chi connectivity index (χ3n) is 3.10. The van der Waals surface area contributed by atoms with E-state index in [2.05, 4.69) is 0 Å². The summed E-state index contributed by atoms with van der Waals surface area (Å²) in [6.07, 6.45) is -0.191. The molecule has 0 atom stereocenters. The van der Waals surface area contributed by atoms with Gasteiger partial charge >= 0.3 is 7.60 Å². The normalized spacial score (nSPS) is 13.4. The van der Waals surface area contributed by atoms with Crippen LogP contribution in [0.5, 0.6) is 0 Å². The van der Waals surface area contributed by atoms with E-state index in [1.165, 1.54) is 13.8 Å². The monoisotopic (exact) mass is 322 g/mol. The third-order valence-corrected chi connectivity index (χ3v) is 6.27. The first kappa shape index (κ1) is 17.3. The summed E-state index contributed by atoms with van der Waals surface area (Å²) in [5.41, 5.74) is 0.499. The fraction of sp³-hybridized carbons (Fsp3) is 0.500. The molecule has 0 aliphatic rings. The molecule has 1 aromatic carbocycles. The molecule has 0 aliphatic carbocycles. The van der Waals surface area contributed by atoms with E-state index in [9.17, 15) is 22.8 Å². The van der Waals surface area contributed by atoms with Gasteiger partial charge in [-0.2, -0.15) is 8.42 Å². The molecule has 6 nitrogen and oxygen atoms in total. The maximum absolute atomic E-state index is 12.0. The van der Waals surface area contributed by atoms with Crippen molar-refractivity contribution in [3.8, 4) is 0 Å². The van der Waals surface area contributed by atoms with Gasteiger partial charge in [-0.15, -0.1) is 0 Å². The van der Waals surface area contributed by atoms with Crippen molar-refractivity contribution >= 4 is 17.7 Å². The van der Waals surface area contributed by atoms with E-state index in [0.717, 1.165) is 0 Å². The summed E-state index contributed by atoms with van der Waals surface area (Å²) in [5.74, 6) is -0.421. The molecule has 0 radical (unpaired) electrons. The minimum Gasteiger partial charge on any atom is -0.322 e. The van der Waals surface area contributed by atoms with Crippen LogP contribution < -0.4 is 0 Å². The van der Waals surface area contributed by atoms with Gasteiger partial charge in [0.05, 0.1) is 0 Å². The highest BCUT2D eigenvalue weighted by molar-refractivity contribution is 7.86. The Bertz CT molecular complexity index is 573. The van der Waals surface area contributed by atoms with Crippen molar-refractivity contribution in [2.75, 3.05) is 0 Å². The van der Waals surface area contributed by atoms with E-state index < -0.39 is 28.8 Å². The molecule has 114 valence electrons. The van der Waals surface area contributed by atoms with Gasteiger partial charge in [0.2, 0.25) is 0 Å². The van der Waals surface area contributed by atoms with Gasteiger partial charge in [0, 0.05) is 0 Å². The Morgan fingerprint density at radius 3 is 2.05 bits per heavy atom. The standard InChI is InChI=1S/C12H19O6PS/c1-3-12(4-2,19(13,14)15)18-20(16,17)10-11-8-6-5-7-9-11/h5-9H,3-4,10H2,1-2H3,(H2,13,14,15). The van der Waals surface area contributed by atoms with Crippen LogP contribution in [0.1, 0.15) is 32.3 Å². The maximum atomic E-state index is 12.0. The molecule has 0 spiro atoms. The number of hydrogen-bond acceptors (Lipinski definition) is 4. The molecule has 0 saturated heterocycles. The van der Waals surface area contributed by atoms with Gasteiger partial charge in [-0.05, 0) is 18.4 Å². The molecule has 1 aromatic rings. The van der Waals surface area contributed by atoms with Crippen molar-refractivity contribution < 1.29 is 27.0 Å². The van der Waals surface area contributed by atoms with Gasteiger partial charge in [0.1, 0.15) is 5.75 Å².